The summed E-state index contributed by atoms with van der Waals surface area (Å²) < 4.78 is 38.0. The van der Waals surface area contributed by atoms with Crippen LogP contribution in [0.2, 0.25) is 0 Å². The minimum atomic E-state index is -4.34. The van der Waals surface area contributed by atoms with Crippen molar-refractivity contribution in [2.24, 2.45) is 0 Å². The average molecular weight is 367 g/mol. The van der Waals surface area contributed by atoms with E-state index in [4.69, 9.17) is 0 Å². The Morgan fingerprint density at radius 1 is 0.667 bits per heavy atom. The molecular weight excluding hydrogens is 347 g/mol. The lowest BCUT2D eigenvalue weighted by atomic mass is 10.1. The van der Waals surface area contributed by atoms with E-state index >= 15 is 0 Å². The second-order valence-corrected chi connectivity index (χ2v) is 6.26. The van der Waals surface area contributed by atoms with E-state index in [0.717, 1.165) is 22.9 Å². The van der Waals surface area contributed by atoms with Gasteiger partial charge in [-0.1, -0.05) is 78.9 Å². The van der Waals surface area contributed by atoms with Crippen LogP contribution in [0.3, 0.4) is 0 Å². The van der Waals surface area contributed by atoms with Gasteiger partial charge in [0.2, 0.25) is 0 Å². The van der Waals surface area contributed by atoms with E-state index in [1.165, 1.54) is 0 Å². The number of alkyl halides is 3. The van der Waals surface area contributed by atoms with Gasteiger partial charge in [0, 0.05) is 24.9 Å². The second kappa shape index (κ2) is 8.58. The molecule has 0 fully saturated rings. The molecule has 0 heterocycles. The number of para-hydroxylation sites is 1. The van der Waals surface area contributed by atoms with E-state index in [1.807, 2.05) is 72.8 Å². The van der Waals surface area contributed by atoms with Crippen LogP contribution in [0.4, 0.5) is 18.9 Å². The van der Waals surface area contributed by atoms with Crippen LogP contribution in [-0.2, 0) is 13.1 Å². The van der Waals surface area contributed by atoms with Crippen LogP contribution in [0.5, 0.6) is 0 Å². The first-order valence-corrected chi connectivity index (χ1v) is 8.69. The summed E-state index contributed by atoms with van der Waals surface area (Å²) >= 11 is 0. The standard InChI is InChI=1S/C23H20F3N/c24-23(25,26)16-15-21-13-7-8-14-22(21)27(17-19-9-3-1-4-10-19)18-20-11-5-2-6-12-20/h1-16H,17-18H2/b16-15-. The van der Waals surface area contributed by atoms with E-state index in [1.54, 1.807) is 12.1 Å². The largest absolute Gasteiger partial charge is 0.409 e. The van der Waals surface area contributed by atoms with E-state index in [0.29, 0.717) is 18.7 Å². The molecule has 0 unspecified atom stereocenters. The Morgan fingerprint density at radius 2 is 1.15 bits per heavy atom. The van der Waals surface area contributed by atoms with Gasteiger partial charge in [0.1, 0.15) is 0 Å². The van der Waals surface area contributed by atoms with Crippen molar-refractivity contribution in [3.8, 4) is 0 Å². The lowest BCUT2D eigenvalue weighted by Gasteiger charge is -2.27. The first kappa shape index (κ1) is 18.8. The van der Waals surface area contributed by atoms with Gasteiger partial charge < -0.3 is 4.90 Å². The molecule has 0 spiro atoms. The molecule has 0 radical (unpaired) electrons. The summed E-state index contributed by atoms with van der Waals surface area (Å²) in [5.74, 6) is 0. The number of anilines is 1. The third kappa shape index (κ3) is 5.74. The lowest BCUT2D eigenvalue weighted by molar-refractivity contribution is -0.0790. The lowest BCUT2D eigenvalue weighted by Crippen LogP contribution is -2.23. The number of nitrogens with zero attached hydrogens (tertiary/aromatic N) is 1. The van der Waals surface area contributed by atoms with Crippen LogP contribution in [0, 0.1) is 0 Å². The maximum Gasteiger partial charge on any atom is 0.409 e. The highest BCUT2D eigenvalue weighted by Gasteiger charge is 2.22. The predicted molar refractivity (Wildman–Crippen MR) is 104 cm³/mol. The molecule has 0 aromatic heterocycles. The molecule has 0 atom stereocenters. The highest BCUT2D eigenvalue weighted by Crippen LogP contribution is 2.27. The van der Waals surface area contributed by atoms with Gasteiger partial charge >= 0.3 is 6.18 Å². The number of benzene rings is 3. The van der Waals surface area contributed by atoms with Gasteiger partial charge in [0.15, 0.2) is 0 Å². The second-order valence-electron chi connectivity index (χ2n) is 6.26. The number of halogens is 3. The fourth-order valence-electron chi connectivity index (χ4n) is 2.93. The Labute approximate surface area is 157 Å². The first-order valence-electron chi connectivity index (χ1n) is 8.69. The summed E-state index contributed by atoms with van der Waals surface area (Å²) in [6, 6.07) is 27.0. The summed E-state index contributed by atoms with van der Waals surface area (Å²) in [6.07, 6.45) is -2.91. The van der Waals surface area contributed by atoms with Crippen molar-refractivity contribution in [3.63, 3.8) is 0 Å². The van der Waals surface area contributed by atoms with Gasteiger partial charge in [-0.25, -0.2) is 0 Å². The van der Waals surface area contributed by atoms with Gasteiger partial charge in [0.25, 0.3) is 0 Å². The van der Waals surface area contributed by atoms with Crippen molar-refractivity contribution in [2.75, 3.05) is 4.90 Å². The summed E-state index contributed by atoms with van der Waals surface area (Å²) in [4.78, 5) is 2.10. The first-order chi connectivity index (χ1) is 13.0. The number of allylic oxidation sites excluding steroid dienone is 1. The summed E-state index contributed by atoms with van der Waals surface area (Å²) in [5.41, 5.74) is 3.51. The van der Waals surface area contributed by atoms with E-state index < -0.39 is 6.18 Å². The highest BCUT2D eigenvalue weighted by molar-refractivity contribution is 5.68. The molecule has 3 rings (SSSR count). The summed E-state index contributed by atoms with van der Waals surface area (Å²) in [7, 11) is 0. The minimum absolute atomic E-state index is 0.287. The van der Waals surface area contributed by atoms with Crippen LogP contribution in [0.25, 0.3) is 6.08 Å². The van der Waals surface area contributed by atoms with Crippen molar-refractivity contribution in [2.45, 2.75) is 19.3 Å². The van der Waals surface area contributed by atoms with Crippen molar-refractivity contribution >= 4 is 11.8 Å². The molecular formula is C23H20F3N. The Balaban J connectivity index is 1.96. The van der Waals surface area contributed by atoms with Gasteiger partial charge in [0.05, 0.1) is 0 Å². The van der Waals surface area contributed by atoms with Crippen LogP contribution in [0.15, 0.2) is 91.0 Å². The van der Waals surface area contributed by atoms with E-state index in [2.05, 4.69) is 4.90 Å². The smallest absolute Gasteiger partial charge is 0.362 e. The molecule has 3 aromatic rings. The zero-order valence-electron chi connectivity index (χ0n) is 14.7. The highest BCUT2D eigenvalue weighted by atomic mass is 19.4. The number of rotatable bonds is 6. The number of hydrogen-bond acceptors (Lipinski definition) is 1. The fourth-order valence-corrected chi connectivity index (χ4v) is 2.93. The molecule has 1 nitrogen and oxygen atoms in total. The monoisotopic (exact) mass is 367 g/mol. The average Bonchev–Trinajstić information content (AvgIpc) is 2.67. The molecule has 0 N–H and O–H groups in total. The molecule has 0 aliphatic carbocycles. The maximum absolute atomic E-state index is 12.7. The topological polar surface area (TPSA) is 3.24 Å². The van der Waals surface area contributed by atoms with E-state index in [9.17, 15) is 13.2 Å². The molecule has 0 saturated heterocycles. The zero-order valence-corrected chi connectivity index (χ0v) is 14.7. The van der Waals surface area contributed by atoms with E-state index in [-0.39, 0.29) is 6.08 Å². The maximum atomic E-state index is 12.7. The normalized spacial score (nSPS) is 11.7. The quantitative estimate of drug-likeness (QED) is 0.483. The van der Waals surface area contributed by atoms with Gasteiger partial charge in [-0.2, -0.15) is 13.2 Å². The Hall–Kier alpha value is -3.01. The van der Waals surface area contributed by atoms with Crippen LogP contribution in [0.1, 0.15) is 16.7 Å². The van der Waals surface area contributed by atoms with Crippen molar-refractivity contribution in [1.29, 1.82) is 0 Å². The Morgan fingerprint density at radius 3 is 1.67 bits per heavy atom. The Kier molecular flexibility index (Phi) is 5.97. The zero-order chi connectivity index (χ0) is 19.1. The van der Waals surface area contributed by atoms with Crippen LogP contribution in [-0.4, -0.2) is 6.18 Å². The van der Waals surface area contributed by atoms with Gasteiger partial charge in [-0.05, 0) is 28.8 Å². The van der Waals surface area contributed by atoms with Gasteiger partial charge in [-0.15, -0.1) is 0 Å². The molecule has 0 aliphatic rings. The Bertz CT molecular complexity index is 829. The van der Waals surface area contributed by atoms with Crippen molar-refractivity contribution in [3.05, 3.63) is 108 Å². The molecule has 0 saturated carbocycles. The fraction of sp³-hybridized carbons (Fsp3) is 0.130. The molecule has 138 valence electrons. The predicted octanol–water partition coefficient (Wildman–Crippen LogP) is 6.47. The molecule has 0 aliphatic heterocycles. The third-order valence-electron chi connectivity index (χ3n) is 4.16. The SMILES string of the molecule is FC(F)(F)/C=C\c1ccccc1N(Cc1ccccc1)Cc1ccccc1. The van der Waals surface area contributed by atoms with Crippen LogP contribution >= 0.6 is 0 Å². The van der Waals surface area contributed by atoms with Crippen molar-refractivity contribution < 1.29 is 13.2 Å². The van der Waals surface area contributed by atoms with Crippen molar-refractivity contribution in [1.82, 2.24) is 0 Å². The molecule has 4 heteroatoms. The molecule has 0 bridgehead atoms. The molecule has 3 aromatic carbocycles. The minimum Gasteiger partial charge on any atom is -0.362 e. The molecule has 0 amide bonds. The summed E-state index contributed by atoms with van der Waals surface area (Å²) in [5, 5.41) is 0. The van der Waals surface area contributed by atoms with Gasteiger partial charge in [-0.3, -0.25) is 0 Å². The third-order valence-corrected chi connectivity index (χ3v) is 4.16. The molecule has 27 heavy (non-hydrogen) atoms. The van der Waals surface area contributed by atoms with Crippen LogP contribution < -0.4 is 4.90 Å². The number of hydrogen-bond donors (Lipinski definition) is 0. The summed E-state index contributed by atoms with van der Waals surface area (Å²) in [6.45, 7) is 1.21.